The van der Waals surface area contributed by atoms with Gasteiger partial charge in [-0.25, -0.2) is 4.98 Å². The maximum Gasteiger partial charge on any atom is 0.318 e. The predicted octanol–water partition coefficient (Wildman–Crippen LogP) is 2.72. The Morgan fingerprint density at radius 1 is 1.27 bits per heavy atom. The Morgan fingerprint density at radius 2 is 2.04 bits per heavy atom. The van der Waals surface area contributed by atoms with E-state index in [1.54, 1.807) is 13.3 Å². The van der Waals surface area contributed by atoms with Gasteiger partial charge in [0, 0.05) is 32.3 Å². The molecule has 1 amide bonds. The lowest BCUT2D eigenvalue weighted by Crippen LogP contribution is -2.36. The topological polar surface area (TPSA) is 67.3 Å². The molecule has 0 bridgehead atoms. The third-order valence-corrected chi connectivity index (χ3v) is 4.95. The fourth-order valence-corrected chi connectivity index (χ4v) is 3.31. The van der Waals surface area contributed by atoms with Crippen molar-refractivity contribution in [1.29, 1.82) is 0 Å². The summed E-state index contributed by atoms with van der Waals surface area (Å²) in [5.41, 5.74) is 2.38. The van der Waals surface area contributed by atoms with Crippen molar-refractivity contribution < 1.29 is 9.53 Å². The second-order valence-corrected chi connectivity index (χ2v) is 6.74. The molecule has 0 aliphatic carbocycles. The first kappa shape index (κ1) is 18.2. The number of hydrogen-bond donors (Lipinski definition) is 1. The Balaban J connectivity index is 1.44. The van der Waals surface area contributed by atoms with Crippen LogP contribution in [0.3, 0.4) is 0 Å². The molecular weight excluding hydrogens is 328 g/mol. The average Bonchev–Trinajstić information content (AvgIpc) is 2.68. The molecule has 1 fully saturated rings. The van der Waals surface area contributed by atoms with E-state index in [9.17, 15) is 4.79 Å². The van der Waals surface area contributed by atoms with Crippen LogP contribution in [0.4, 0.5) is 5.82 Å². The van der Waals surface area contributed by atoms with Crippen molar-refractivity contribution in [2.75, 3.05) is 25.1 Å². The average molecular weight is 354 g/mol. The van der Waals surface area contributed by atoms with Crippen LogP contribution in [0.15, 0.2) is 36.5 Å². The summed E-state index contributed by atoms with van der Waals surface area (Å²) >= 11 is 0. The van der Waals surface area contributed by atoms with Gasteiger partial charge in [0.1, 0.15) is 5.82 Å². The van der Waals surface area contributed by atoms with Crippen LogP contribution < -0.4 is 15.0 Å². The molecule has 1 aliphatic rings. The van der Waals surface area contributed by atoms with E-state index < -0.39 is 0 Å². The second-order valence-electron chi connectivity index (χ2n) is 6.74. The Bertz CT molecular complexity index is 742. The van der Waals surface area contributed by atoms with Gasteiger partial charge < -0.3 is 15.0 Å². The number of carbonyl (C=O) groups is 1. The molecule has 1 aromatic carbocycles. The van der Waals surface area contributed by atoms with Gasteiger partial charge >= 0.3 is 6.01 Å². The largest absolute Gasteiger partial charge is 0.467 e. The number of rotatable bonds is 6. The molecule has 0 atom stereocenters. The summed E-state index contributed by atoms with van der Waals surface area (Å²) < 4.78 is 5.09. The highest BCUT2D eigenvalue weighted by Gasteiger charge is 2.22. The number of amides is 1. The van der Waals surface area contributed by atoms with Crippen molar-refractivity contribution in [3.05, 3.63) is 47.7 Å². The maximum absolute atomic E-state index is 12.3. The summed E-state index contributed by atoms with van der Waals surface area (Å²) in [6.07, 6.45) is 4.29. The fraction of sp³-hybridized carbons (Fsp3) is 0.450. The summed E-state index contributed by atoms with van der Waals surface area (Å²) in [7, 11) is 1.57. The van der Waals surface area contributed by atoms with Crippen molar-refractivity contribution >= 4 is 11.7 Å². The van der Waals surface area contributed by atoms with E-state index in [-0.39, 0.29) is 5.91 Å². The number of benzene rings is 1. The number of aryl methyl sites for hydroxylation is 1. The lowest BCUT2D eigenvalue weighted by molar-refractivity contribution is -0.122. The predicted molar refractivity (Wildman–Crippen MR) is 101 cm³/mol. The Hall–Kier alpha value is -2.63. The molecule has 1 aromatic heterocycles. The number of ether oxygens (including phenoxy) is 1. The minimum Gasteiger partial charge on any atom is -0.467 e. The number of hydrogen-bond acceptors (Lipinski definition) is 5. The van der Waals surface area contributed by atoms with Gasteiger partial charge in [-0.3, -0.25) is 4.79 Å². The standard InChI is InChI=1S/C20H26N4O2/c1-15-5-3-4-6-17(15)14-22-19(25)13-16-8-11-24(12-9-16)18-7-10-21-20(23-18)26-2/h3-7,10,16H,8-9,11-14H2,1-2H3,(H,22,25). The highest BCUT2D eigenvalue weighted by atomic mass is 16.5. The van der Waals surface area contributed by atoms with Crippen molar-refractivity contribution in [2.45, 2.75) is 32.7 Å². The quantitative estimate of drug-likeness (QED) is 0.864. The van der Waals surface area contributed by atoms with Crippen LogP contribution in [0.1, 0.15) is 30.4 Å². The van der Waals surface area contributed by atoms with Crippen LogP contribution in [0, 0.1) is 12.8 Å². The maximum atomic E-state index is 12.3. The van der Waals surface area contributed by atoms with E-state index >= 15 is 0 Å². The van der Waals surface area contributed by atoms with Crippen molar-refractivity contribution in [3.8, 4) is 6.01 Å². The number of anilines is 1. The third-order valence-electron chi connectivity index (χ3n) is 4.95. The number of methoxy groups -OCH3 is 1. The monoisotopic (exact) mass is 354 g/mol. The van der Waals surface area contributed by atoms with Crippen LogP contribution in [0.25, 0.3) is 0 Å². The van der Waals surface area contributed by atoms with Crippen molar-refractivity contribution in [3.63, 3.8) is 0 Å². The van der Waals surface area contributed by atoms with E-state index in [0.717, 1.165) is 31.7 Å². The molecule has 3 rings (SSSR count). The first-order valence-electron chi connectivity index (χ1n) is 9.09. The van der Waals surface area contributed by atoms with Crippen LogP contribution in [0.2, 0.25) is 0 Å². The second kappa shape index (κ2) is 8.65. The van der Waals surface area contributed by atoms with Gasteiger partial charge in [-0.15, -0.1) is 0 Å². The molecule has 6 heteroatoms. The molecule has 6 nitrogen and oxygen atoms in total. The van der Waals surface area contributed by atoms with E-state index in [4.69, 9.17) is 4.74 Å². The summed E-state index contributed by atoms with van der Waals surface area (Å²) in [6.45, 7) is 4.47. The zero-order valence-electron chi connectivity index (χ0n) is 15.4. The fourth-order valence-electron chi connectivity index (χ4n) is 3.31. The molecule has 138 valence electrons. The van der Waals surface area contributed by atoms with Gasteiger partial charge in [-0.2, -0.15) is 4.98 Å². The molecule has 2 heterocycles. The summed E-state index contributed by atoms with van der Waals surface area (Å²) in [5.74, 6) is 1.45. The summed E-state index contributed by atoms with van der Waals surface area (Å²) in [5, 5.41) is 3.06. The summed E-state index contributed by atoms with van der Waals surface area (Å²) in [6, 6.07) is 10.4. The molecule has 1 saturated heterocycles. The Labute approximate surface area is 154 Å². The van der Waals surface area contributed by atoms with Crippen LogP contribution in [-0.2, 0) is 11.3 Å². The Morgan fingerprint density at radius 3 is 2.77 bits per heavy atom. The number of nitrogens with one attached hydrogen (secondary N) is 1. The molecule has 26 heavy (non-hydrogen) atoms. The minimum absolute atomic E-state index is 0.135. The number of piperidine rings is 1. The Kier molecular flexibility index (Phi) is 6.04. The van der Waals surface area contributed by atoms with E-state index in [1.165, 1.54) is 11.1 Å². The molecule has 1 N–H and O–H groups in total. The van der Waals surface area contributed by atoms with Gasteiger partial charge in [0.25, 0.3) is 0 Å². The van der Waals surface area contributed by atoms with Crippen LogP contribution in [-0.4, -0.2) is 36.1 Å². The van der Waals surface area contributed by atoms with Crippen molar-refractivity contribution in [1.82, 2.24) is 15.3 Å². The van der Waals surface area contributed by atoms with Crippen LogP contribution in [0.5, 0.6) is 6.01 Å². The molecule has 0 unspecified atom stereocenters. The molecule has 0 saturated carbocycles. The zero-order valence-corrected chi connectivity index (χ0v) is 15.4. The van der Waals surface area contributed by atoms with Gasteiger partial charge in [0.2, 0.25) is 5.91 Å². The molecule has 0 spiro atoms. The normalized spacial score (nSPS) is 14.9. The van der Waals surface area contributed by atoms with E-state index in [2.05, 4.69) is 39.2 Å². The van der Waals surface area contributed by atoms with Gasteiger partial charge in [-0.1, -0.05) is 24.3 Å². The van der Waals surface area contributed by atoms with Gasteiger partial charge in [0.15, 0.2) is 0 Å². The molecular formula is C20H26N4O2. The SMILES string of the molecule is COc1nccc(N2CCC(CC(=O)NCc3ccccc3C)CC2)n1. The number of nitrogens with zero attached hydrogens (tertiary/aromatic N) is 3. The molecule has 2 aromatic rings. The third kappa shape index (κ3) is 4.71. The van der Waals surface area contributed by atoms with Gasteiger partial charge in [0.05, 0.1) is 7.11 Å². The lowest BCUT2D eigenvalue weighted by atomic mass is 9.93. The highest BCUT2D eigenvalue weighted by Crippen LogP contribution is 2.24. The lowest BCUT2D eigenvalue weighted by Gasteiger charge is -2.32. The molecule has 0 radical (unpaired) electrons. The van der Waals surface area contributed by atoms with Crippen molar-refractivity contribution in [2.24, 2.45) is 5.92 Å². The summed E-state index contributed by atoms with van der Waals surface area (Å²) in [4.78, 5) is 22.9. The van der Waals surface area contributed by atoms with E-state index in [1.807, 2.05) is 18.2 Å². The minimum atomic E-state index is 0.135. The zero-order chi connectivity index (χ0) is 18.4. The van der Waals surface area contributed by atoms with Crippen LogP contribution >= 0.6 is 0 Å². The highest BCUT2D eigenvalue weighted by molar-refractivity contribution is 5.76. The smallest absolute Gasteiger partial charge is 0.318 e. The first-order valence-corrected chi connectivity index (χ1v) is 9.09. The first-order chi connectivity index (χ1) is 12.7. The van der Waals surface area contributed by atoms with Gasteiger partial charge in [-0.05, 0) is 42.9 Å². The van der Waals surface area contributed by atoms with E-state index in [0.29, 0.717) is 24.9 Å². The number of aromatic nitrogens is 2. The number of carbonyl (C=O) groups excluding carboxylic acids is 1. The molecule has 1 aliphatic heterocycles.